The summed E-state index contributed by atoms with van der Waals surface area (Å²) in [6, 6.07) is 9.06. The predicted molar refractivity (Wildman–Crippen MR) is 80.1 cm³/mol. The largest absolute Gasteiger partial charge is 0.481 e. The molecule has 0 saturated heterocycles. The molecule has 0 amide bonds. The molecule has 20 heavy (non-hydrogen) atoms. The first-order chi connectivity index (χ1) is 9.66. The first-order valence-electron chi connectivity index (χ1n) is 7.48. The minimum Gasteiger partial charge on any atom is -0.481 e. The second-order valence-corrected chi connectivity index (χ2v) is 5.94. The zero-order chi connectivity index (χ0) is 14.1. The average Bonchev–Trinajstić information content (AvgIpc) is 3.05. The molecule has 3 heteroatoms. The Morgan fingerprint density at radius 2 is 2.10 bits per heavy atom. The van der Waals surface area contributed by atoms with Crippen LogP contribution in [0.1, 0.15) is 56.6 Å². The Kier molecular flexibility index (Phi) is 3.51. The molecule has 1 aromatic heterocycles. The van der Waals surface area contributed by atoms with Crippen molar-refractivity contribution in [3.63, 3.8) is 0 Å². The van der Waals surface area contributed by atoms with Gasteiger partial charge in [-0.25, -0.2) is 0 Å². The van der Waals surface area contributed by atoms with Gasteiger partial charge in [0.2, 0.25) is 0 Å². The monoisotopic (exact) mass is 271 g/mol. The number of aliphatic carboxylic acids is 1. The van der Waals surface area contributed by atoms with Crippen LogP contribution in [0.15, 0.2) is 30.5 Å². The normalized spacial score (nSPS) is 17.6. The zero-order valence-corrected chi connectivity index (χ0v) is 11.9. The number of hydrogen-bond donors (Lipinski definition) is 1. The summed E-state index contributed by atoms with van der Waals surface area (Å²) >= 11 is 0. The van der Waals surface area contributed by atoms with Gasteiger partial charge in [0.1, 0.15) is 0 Å². The summed E-state index contributed by atoms with van der Waals surface area (Å²) in [6.45, 7) is 2.00. The van der Waals surface area contributed by atoms with Crippen LogP contribution in [0.4, 0.5) is 0 Å². The molecule has 1 unspecified atom stereocenters. The number of benzene rings is 1. The van der Waals surface area contributed by atoms with Crippen molar-refractivity contribution in [3.8, 4) is 0 Å². The van der Waals surface area contributed by atoms with Gasteiger partial charge in [0.25, 0.3) is 0 Å². The van der Waals surface area contributed by atoms with Gasteiger partial charge in [0.15, 0.2) is 0 Å². The molecule has 3 rings (SSSR count). The van der Waals surface area contributed by atoms with Gasteiger partial charge in [-0.2, -0.15) is 0 Å². The highest BCUT2D eigenvalue weighted by molar-refractivity contribution is 5.85. The van der Waals surface area contributed by atoms with Crippen molar-refractivity contribution >= 4 is 16.9 Å². The molecule has 1 saturated carbocycles. The lowest BCUT2D eigenvalue weighted by Gasteiger charge is -2.15. The fourth-order valence-electron chi connectivity index (χ4n) is 3.51. The van der Waals surface area contributed by atoms with Crippen molar-refractivity contribution < 1.29 is 9.90 Å². The van der Waals surface area contributed by atoms with E-state index in [4.69, 9.17) is 5.11 Å². The summed E-state index contributed by atoms with van der Waals surface area (Å²) in [5.41, 5.74) is 2.41. The lowest BCUT2D eigenvalue weighted by Crippen LogP contribution is -2.04. The third-order valence-electron chi connectivity index (χ3n) is 4.53. The number of aromatic nitrogens is 1. The van der Waals surface area contributed by atoms with Crippen molar-refractivity contribution in [2.24, 2.45) is 0 Å². The molecule has 0 aliphatic heterocycles. The van der Waals surface area contributed by atoms with Crippen LogP contribution in [0.25, 0.3) is 10.9 Å². The van der Waals surface area contributed by atoms with Crippen LogP contribution in [0.2, 0.25) is 0 Å². The summed E-state index contributed by atoms with van der Waals surface area (Å²) in [5.74, 6) is -0.680. The number of hydrogen-bond acceptors (Lipinski definition) is 1. The van der Waals surface area contributed by atoms with E-state index < -0.39 is 5.97 Å². The number of fused-ring (bicyclic) bond motifs is 1. The molecule has 0 spiro atoms. The van der Waals surface area contributed by atoms with E-state index in [1.54, 1.807) is 0 Å². The van der Waals surface area contributed by atoms with Gasteiger partial charge < -0.3 is 9.67 Å². The van der Waals surface area contributed by atoms with Gasteiger partial charge in [-0.15, -0.1) is 0 Å². The molecule has 2 aromatic rings. The van der Waals surface area contributed by atoms with Crippen molar-refractivity contribution in [1.29, 1.82) is 0 Å². The van der Waals surface area contributed by atoms with Crippen LogP contribution in [0.5, 0.6) is 0 Å². The Morgan fingerprint density at radius 1 is 1.35 bits per heavy atom. The minimum absolute atomic E-state index is 0.0515. The minimum atomic E-state index is -0.732. The van der Waals surface area contributed by atoms with E-state index in [9.17, 15) is 4.79 Å². The van der Waals surface area contributed by atoms with Crippen molar-refractivity contribution in [2.75, 3.05) is 0 Å². The lowest BCUT2D eigenvalue weighted by molar-refractivity contribution is -0.137. The van der Waals surface area contributed by atoms with E-state index in [2.05, 4.69) is 35.0 Å². The van der Waals surface area contributed by atoms with Gasteiger partial charge in [0, 0.05) is 23.1 Å². The van der Waals surface area contributed by atoms with Gasteiger partial charge in [-0.1, -0.05) is 31.9 Å². The smallest absolute Gasteiger partial charge is 0.303 e. The van der Waals surface area contributed by atoms with Crippen LogP contribution < -0.4 is 0 Å². The molecule has 1 aliphatic rings. The Balaban J connectivity index is 2.00. The first kappa shape index (κ1) is 13.2. The second kappa shape index (κ2) is 5.31. The molecule has 1 fully saturated rings. The van der Waals surface area contributed by atoms with Crippen LogP contribution in [0.3, 0.4) is 0 Å². The lowest BCUT2D eigenvalue weighted by atomic mass is 9.95. The molecule has 1 heterocycles. The maximum Gasteiger partial charge on any atom is 0.303 e. The van der Waals surface area contributed by atoms with Crippen LogP contribution in [-0.2, 0) is 4.79 Å². The van der Waals surface area contributed by atoms with Crippen molar-refractivity contribution in [2.45, 2.75) is 51.0 Å². The van der Waals surface area contributed by atoms with Crippen molar-refractivity contribution in [1.82, 2.24) is 4.57 Å². The molecular formula is C17H21NO2. The molecule has 0 bridgehead atoms. The van der Waals surface area contributed by atoms with E-state index in [1.165, 1.54) is 36.6 Å². The first-order valence-corrected chi connectivity index (χ1v) is 7.48. The van der Waals surface area contributed by atoms with Crippen LogP contribution in [-0.4, -0.2) is 15.6 Å². The highest BCUT2D eigenvalue weighted by Gasteiger charge is 2.20. The third-order valence-corrected chi connectivity index (χ3v) is 4.53. The van der Waals surface area contributed by atoms with Crippen LogP contribution in [0, 0.1) is 0 Å². The molecule has 1 N–H and O–H groups in total. The summed E-state index contributed by atoms with van der Waals surface area (Å²) in [7, 11) is 0. The maximum absolute atomic E-state index is 10.9. The molecule has 106 valence electrons. The van der Waals surface area contributed by atoms with E-state index in [0.29, 0.717) is 6.04 Å². The summed E-state index contributed by atoms with van der Waals surface area (Å²) in [4.78, 5) is 10.9. The van der Waals surface area contributed by atoms with E-state index in [1.807, 2.05) is 6.92 Å². The third kappa shape index (κ3) is 2.33. The van der Waals surface area contributed by atoms with Crippen LogP contribution >= 0.6 is 0 Å². The van der Waals surface area contributed by atoms with Gasteiger partial charge in [-0.05, 0) is 36.5 Å². The fourth-order valence-corrected chi connectivity index (χ4v) is 3.51. The summed E-state index contributed by atoms with van der Waals surface area (Å²) in [6.07, 6.45) is 7.53. The van der Waals surface area contributed by atoms with Gasteiger partial charge in [0.05, 0.1) is 6.42 Å². The fraction of sp³-hybridized carbons (Fsp3) is 0.471. The van der Waals surface area contributed by atoms with Gasteiger partial charge in [-0.3, -0.25) is 4.79 Å². The summed E-state index contributed by atoms with van der Waals surface area (Å²) < 4.78 is 2.39. The molecule has 1 atom stereocenters. The standard InChI is InChI=1S/C17H21NO2/c1-12(11-17(19)20)14-7-4-8-16-15(14)9-10-18(16)13-5-2-3-6-13/h4,7-10,12-13H,2-3,5-6,11H2,1H3,(H,19,20). The molecule has 1 aromatic carbocycles. The molecular weight excluding hydrogens is 250 g/mol. The Bertz CT molecular complexity index is 623. The van der Waals surface area contributed by atoms with Crippen molar-refractivity contribution in [3.05, 3.63) is 36.0 Å². The quantitative estimate of drug-likeness (QED) is 0.899. The number of nitrogens with zero attached hydrogens (tertiary/aromatic N) is 1. The Morgan fingerprint density at radius 3 is 2.80 bits per heavy atom. The molecule has 1 aliphatic carbocycles. The molecule has 0 radical (unpaired) electrons. The van der Waals surface area contributed by atoms with Gasteiger partial charge >= 0.3 is 5.97 Å². The van der Waals surface area contributed by atoms with E-state index in [-0.39, 0.29) is 12.3 Å². The van der Waals surface area contributed by atoms with E-state index >= 15 is 0 Å². The molecule has 3 nitrogen and oxygen atoms in total. The zero-order valence-electron chi connectivity index (χ0n) is 11.9. The highest BCUT2D eigenvalue weighted by Crippen LogP contribution is 2.35. The number of carboxylic acids is 1. The number of carboxylic acid groups (broad SMARTS) is 1. The number of rotatable bonds is 4. The Hall–Kier alpha value is -1.77. The predicted octanol–water partition coefficient (Wildman–Crippen LogP) is 4.33. The SMILES string of the molecule is CC(CC(=O)O)c1cccc2c1ccn2C1CCCC1. The topological polar surface area (TPSA) is 42.2 Å². The second-order valence-electron chi connectivity index (χ2n) is 5.94. The highest BCUT2D eigenvalue weighted by atomic mass is 16.4. The van der Waals surface area contributed by atoms with E-state index in [0.717, 1.165) is 5.56 Å². The summed E-state index contributed by atoms with van der Waals surface area (Å²) in [5, 5.41) is 10.2. The number of carbonyl (C=O) groups is 1. The maximum atomic E-state index is 10.9. The average molecular weight is 271 g/mol. The Labute approximate surface area is 119 Å².